The van der Waals surface area contributed by atoms with Crippen LogP contribution >= 0.6 is 0 Å². The summed E-state index contributed by atoms with van der Waals surface area (Å²) in [4.78, 5) is 12.4. The van der Waals surface area contributed by atoms with E-state index < -0.39 is 107 Å². The highest BCUT2D eigenvalue weighted by molar-refractivity contribution is 6.10. The first-order chi connectivity index (χ1) is 18.9. The summed E-state index contributed by atoms with van der Waals surface area (Å²) in [7, 11) is 0.0377. The summed E-state index contributed by atoms with van der Waals surface area (Å²) in [6.45, 7) is 0. The summed E-state index contributed by atoms with van der Waals surface area (Å²) in [5, 5.41) is 209. The summed E-state index contributed by atoms with van der Waals surface area (Å²) < 4.78 is -0.582. The van der Waals surface area contributed by atoms with Gasteiger partial charge in [-0.15, -0.1) is 0 Å². The van der Waals surface area contributed by atoms with Gasteiger partial charge in [-0.05, 0) is 7.05 Å². The summed E-state index contributed by atoms with van der Waals surface area (Å²) in [5.74, 6) is -35.3. The lowest BCUT2D eigenvalue weighted by molar-refractivity contribution is -0.654. The minimum Gasteiger partial charge on any atom is -0.504 e. The molecule has 3 heterocycles. The van der Waals surface area contributed by atoms with Gasteiger partial charge in [0.25, 0.3) is 40.6 Å². The fourth-order valence-electron chi connectivity index (χ4n) is 5.22. The Bertz CT molecular complexity index is 1510. The average molecular weight is 632 g/mol. The number of benzene rings is 1. The zero-order chi connectivity index (χ0) is 33.7. The number of hydrogen-bond donors (Lipinski definition) is 21. The molecule has 4 rings (SSSR count). The standard InChI is InChI=1S/C18H24N4O21/c1-21-11(29)13(31,32)10(28,14(33,34)12(21,30)16(37,38)17(39,40)15(11,35)36)19-9(27)3-2-4(22(20-3)18(41,42)43)6(24)8(26)7(25)5(2)23/h23-26,28-43H,1H3,(H,19,27). The molecule has 2 bridgehead atoms. The van der Waals surface area contributed by atoms with Gasteiger partial charge in [-0.3, -0.25) is 4.79 Å². The van der Waals surface area contributed by atoms with Crippen LogP contribution in [0, 0.1) is 0 Å². The Morgan fingerprint density at radius 1 is 0.651 bits per heavy atom. The van der Waals surface area contributed by atoms with Crippen LogP contribution in [-0.2, 0) is 6.10 Å². The first kappa shape index (κ1) is 32.6. The number of phenols is 4. The number of piperidine rings is 2. The zero-order valence-electron chi connectivity index (χ0n) is 20.7. The number of fused-ring (bicyclic) bond motifs is 3. The van der Waals surface area contributed by atoms with Crippen molar-refractivity contribution < 1.29 is 107 Å². The number of carbonyl (C=O) groups excluding carboxylic acids is 1. The lowest BCUT2D eigenvalue weighted by Crippen LogP contribution is -3.08. The van der Waals surface area contributed by atoms with Gasteiger partial charge in [-0.25, -0.2) is 4.90 Å². The molecule has 2 aliphatic heterocycles. The topological polar surface area (TPSA) is 455 Å². The molecule has 2 aromatic rings. The van der Waals surface area contributed by atoms with E-state index in [0.29, 0.717) is 0 Å². The highest BCUT2D eigenvalue weighted by Crippen LogP contribution is 2.63. The third-order valence-corrected chi connectivity index (χ3v) is 7.71. The van der Waals surface area contributed by atoms with Crippen molar-refractivity contribution in [3.8, 4) is 23.0 Å². The van der Waals surface area contributed by atoms with E-state index in [2.05, 4.69) is 5.10 Å². The average Bonchev–Trinajstić information content (AvgIpc) is 3.29. The van der Waals surface area contributed by atoms with E-state index in [9.17, 15) is 107 Å². The number of phenolic OH excluding ortho intramolecular Hbond substituents is 4. The van der Waals surface area contributed by atoms with Gasteiger partial charge in [-0.1, -0.05) is 0 Å². The molecular weight excluding hydrogens is 608 g/mol. The lowest BCUT2D eigenvalue weighted by atomic mass is 9.59. The highest BCUT2D eigenvalue weighted by atomic mass is 16.7. The van der Waals surface area contributed by atoms with Crippen LogP contribution < -0.4 is 5.32 Å². The van der Waals surface area contributed by atoms with Crippen LogP contribution in [0.1, 0.15) is 10.5 Å². The van der Waals surface area contributed by atoms with Gasteiger partial charge >= 0.3 is 6.10 Å². The van der Waals surface area contributed by atoms with Crippen molar-refractivity contribution in [3.63, 3.8) is 0 Å². The van der Waals surface area contributed by atoms with E-state index in [0.717, 1.165) is 5.32 Å². The lowest BCUT2D eigenvalue weighted by Gasteiger charge is -2.74. The Morgan fingerprint density at radius 3 is 1.44 bits per heavy atom. The van der Waals surface area contributed by atoms with E-state index in [1.165, 1.54) is 0 Å². The van der Waals surface area contributed by atoms with Crippen LogP contribution in [0.3, 0.4) is 0 Å². The molecule has 0 aliphatic carbocycles. The normalized spacial score (nSPS) is 32.5. The van der Waals surface area contributed by atoms with Gasteiger partial charge in [0.1, 0.15) is 5.52 Å². The maximum Gasteiger partial charge on any atom is 0.389 e. The number of hydrogen-bond acceptors (Lipinski definition) is 23. The number of aromatic hydroxyl groups is 4. The molecule has 0 spiro atoms. The molecule has 2 aliphatic rings. The number of nitrogens with zero attached hydrogens (tertiary/aromatic N) is 3. The summed E-state index contributed by atoms with van der Waals surface area (Å²) in [6.07, 6.45) is -4.27. The molecule has 0 saturated carbocycles. The SMILES string of the molecule is CN1C2(O)C(O)(O)C(O)(O)C(O)(O)C1(O)C(O)(O)C(O)(NC(=O)c1nn(C(O)(O)O)c3c(O)c(O)c(O)c(O)c13)C2(O)O. The van der Waals surface area contributed by atoms with Gasteiger partial charge in [-0.2, -0.15) is 9.78 Å². The number of likely N-dealkylation sites (N-methyl/N-ethyl adjacent to an activating group) is 1. The minimum atomic E-state index is -5.27. The van der Waals surface area contributed by atoms with Crippen LogP contribution in [0.4, 0.5) is 0 Å². The van der Waals surface area contributed by atoms with Gasteiger partial charge in [0.2, 0.25) is 22.9 Å². The molecule has 2 atom stereocenters. The third kappa shape index (κ3) is 3.00. The second-order valence-corrected chi connectivity index (χ2v) is 9.91. The molecular formula is C18H24N4O21. The third-order valence-electron chi connectivity index (χ3n) is 7.71. The Labute approximate surface area is 232 Å². The van der Waals surface area contributed by atoms with E-state index in [1.807, 2.05) is 0 Å². The Morgan fingerprint density at radius 2 is 1.05 bits per heavy atom. The van der Waals surface area contributed by atoms with Crippen LogP contribution in [0.2, 0.25) is 0 Å². The van der Waals surface area contributed by atoms with Gasteiger partial charge < -0.3 is 107 Å². The number of aliphatic hydroxyl groups is 16. The minimum absolute atomic E-state index is 0.0377. The fraction of sp³-hybridized carbons (Fsp3) is 0.556. The van der Waals surface area contributed by atoms with Gasteiger partial charge in [0.15, 0.2) is 17.2 Å². The Balaban J connectivity index is 2.06. The molecule has 2 fully saturated rings. The number of carbonyl (C=O) groups is 1. The second-order valence-electron chi connectivity index (χ2n) is 9.91. The van der Waals surface area contributed by atoms with Crippen LogP contribution in [0.25, 0.3) is 10.9 Å². The molecule has 21 N–H and O–H groups in total. The molecule has 242 valence electrons. The smallest absolute Gasteiger partial charge is 0.389 e. The molecule has 1 amide bonds. The molecule has 25 heteroatoms. The van der Waals surface area contributed by atoms with Gasteiger partial charge in [0.05, 0.1) is 5.39 Å². The van der Waals surface area contributed by atoms with Crippen LogP contribution in [-0.4, -0.2) is 176 Å². The van der Waals surface area contributed by atoms with Crippen molar-refractivity contribution in [2.75, 3.05) is 7.05 Å². The van der Waals surface area contributed by atoms with E-state index >= 15 is 0 Å². The molecule has 1 aromatic heterocycles. The largest absolute Gasteiger partial charge is 0.504 e. The van der Waals surface area contributed by atoms with E-state index in [4.69, 9.17) is 0 Å². The van der Waals surface area contributed by atoms with Crippen molar-refractivity contribution in [2.45, 2.75) is 52.2 Å². The zero-order valence-corrected chi connectivity index (χ0v) is 20.7. The summed E-state index contributed by atoms with van der Waals surface area (Å²) in [5.41, 5.74) is -18.2. The van der Waals surface area contributed by atoms with E-state index in [-0.39, 0.29) is 7.05 Å². The van der Waals surface area contributed by atoms with Crippen LogP contribution in [0.5, 0.6) is 23.0 Å². The van der Waals surface area contributed by atoms with Crippen molar-refractivity contribution in [3.05, 3.63) is 5.69 Å². The fourth-order valence-corrected chi connectivity index (χ4v) is 5.22. The number of amides is 1. The maximum absolute atomic E-state index is 13.3. The molecule has 2 saturated heterocycles. The summed E-state index contributed by atoms with van der Waals surface area (Å²) >= 11 is 0. The maximum atomic E-state index is 13.3. The predicted molar refractivity (Wildman–Crippen MR) is 117 cm³/mol. The quantitative estimate of drug-likeness (QED) is 0.0848. The number of nitrogens with one attached hydrogen (secondary N) is 1. The molecule has 25 nitrogen and oxygen atoms in total. The first-order valence-electron chi connectivity index (χ1n) is 10.9. The first-order valence-corrected chi connectivity index (χ1v) is 10.9. The predicted octanol–water partition coefficient (Wildman–Crippen LogP) is -11.4. The highest BCUT2D eigenvalue weighted by Gasteiger charge is 2.99. The van der Waals surface area contributed by atoms with Crippen molar-refractivity contribution in [1.29, 1.82) is 0 Å². The molecule has 2 unspecified atom stereocenters. The monoisotopic (exact) mass is 632 g/mol. The Hall–Kier alpha value is -3.32. The second kappa shape index (κ2) is 8.03. The molecule has 0 radical (unpaired) electrons. The number of aromatic nitrogens is 2. The Kier molecular flexibility index (Phi) is 6.09. The van der Waals surface area contributed by atoms with Crippen molar-refractivity contribution in [2.24, 2.45) is 0 Å². The molecule has 1 aromatic carbocycles. The molecule has 43 heavy (non-hydrogen) atoms. The van der Waals surface area contributed by atoms with Crippen LogP contribution in [0.15, 0.2) is 0 Å². The van der Waals surface area contributed by atoms with Crippen molar-refractivity contribution in [1.82, 2.24) is 20.0 Å². The van der Waals surface area contributed by atoms with Gasteiger partial charge in [0, 0.05) is 0 Å². The van der Waals surface area contributed by atoms with Crippen molar-refractivity contribution >= 4 is 16.8 Å². The van der Waals surface area contributed by atoms with E-state index in [1.54, 1.807) is 0 Å². The number of rotatable bonds is 3. The summed E-state index contributed by atoms with van der Waals surface area (Å²) in [6, 6.07) is 0.